The van der Waals surface area contributed by atoms with E-state index >= 15 is 0 Å². The molecule has 2 amide bonds. The van der Waals surface area contributed by atoms with Crippen LogP contribution in [0.5, 0.6) is 5.75 Å². The Bertz CT molecular complexity index is 654. The van der Waals surface area contributed by atoms with E-state index in [1.165, 1.54) is 14.2 Å². The molecule has 1 aromatic rings. The van der Waals surface area contributed by atoms with E-state index in [1.807, 2.05) is 0 Å². The summed E-state index contributed by atoms with van der Waals surface area (Å²) in [5.74, 6) is -1.40. The normalized spacial score (nSPS) is 15.7. The Morgan fingerprint density at radius 1 is 1.30 bits per heavy atom. The Balaban J connectivity index is 2.16. The lowest BCUT2D eigenvalue weighted by atomic mass is 10.1. The second-order valence-electron chi connectivity index (χ2n) is 4.98. The van der Waals surface area contributed by atoms with E-state index in [0.717, 1.165) is 5.01 Å². The van der Waals surface area contributed by atoms with Gasteiger partial charge in [-0.15, -0.1) is 0 Å². The summed E-state index contributed by atoms with van der Waals surface area (Å²) >= 11 is 0. The molecule has 1 heterocycles. The summed E-state index contributed by atoms with van der Waals surface area (Å²) < 4.78 is 5.02. The number of amides is 2. The quantitative estimate of drug-likeness (QED) is 0.823. The Hall–Kier alpha value is -2.90. The van der Waals surface area contributed by atoms with E-state index in [4.69, 9.17) is 4.74 Å². The van der Waals surface area contributed by atoms with Crippen LogP contribution in [-0.4, -0.2) is 47.8 Å². The van der Waals surface area contributed by atoms with E-state index in [0.29, 0.717) is 11.3 Å². The molecular weight excluding hydrogens is 302 g/mol. The van der Waals surface area contributed by atoms with Crippen molar-refractivity contribution in [3.8, 4) is 5.75 Å². The van der Waals surface area contributed by atoms with Crippen LogP contribution in [0.3, 0.4) is 0 Å². The molecule has 8 heteroatoms. The molecule has 2 rings (SSSR count). The lowest BCUT2D eigenvalue weighted by molar-refractivity contribution is -0.141. The van der Waals surface area contributed by atoms with Crippen molar-refractivity contribution >= 4 is 23.5 Å². The predicted molar refractivity (Wildman–Crippen MR) is 81.0 cm³/mol. The summed E-state index contributed by atoms with van der Waals surface area (Å²) in [6, 6.07) is 5.15. The first-order valence-corrected chi connectivity index (χ1v) is 6.94. The highest BCUT2D eigenvalue weighted by molar-refractivity contribution is 6.39. The first kappa shape index (κ1) is 16.5. The second kappa shape index (κ2) is 6.91. The van der Waals surface area contributed by atoms with Crippen LogP contribution in [0.1, 0.15) is 24.4 Å². The number of methoxy groups -OCH3 is 1. The van der Waals surface area contributed by atoms with Crippen molar-refractivity contribution in [3.05, 3.63) is 29.8 Å². The van der Waals surface area contributed by atoms with Crippen LogP contribution in [0.4, 0.5) is 0 Å². The largest absolute Gasteiger partial charge is 0.497 e. The predicted octanol–water partition coefficient (Wildman–Crippen LogP) is 0.545. The maximum atomic E-state index is 12.2. The van der Waals surface area contributed by atoms with Gasteiger partial charge in [0.15, 0.2) is 6.04 Å². The Morgan fingerprint density at radius 3 is 2.48 bits per heavy atom. The highest BCUT2D eigenvalue weighted by Gasteiger charge is 2.27. The van der Waals surface area contributed by atoms with Crippen molar-refractivity contribution < 1.29 is 24.2 Å². The monoisotopic (exact) mass is 319 g/mol. The summed E-state index contributed by atoms with van der Waals surface area (Å²) in [7, 11) is 2.96. The highest BCUT2D eigenvalue weighted by atomic mass is 16.5. The van der Waals surface area contributed by atoms with E-state index < -0.39 is 17.9 Å². The third-order valence-corrected chi connectivity index (χ3v) is 3.44. The Kier molecular flexibility index (Phi) is 4.95. The zero-order chi connectivity index (χ0) is 17.0. The molecule has 2 N–H and O–H groups in total. The van der Waals surface area contributed by atoms with Gasteiger partial charge in [-0.1, -0.05) is 12.1 Å². The third kappa shape index (κ3) is 3.85. The van der Waals surface area contributed by atoms with Crippen LogP contribution in [0, 0.1) is 0 Å². The summed E-state index contributed by atoms with van der Waals surface area (Å²) in [4.78, 5) is 35.0. The van der Waals surface area contributed by atoms with E-state index in [1.54, 1.807) is 24.3 Å². The zero-order valence-corrected chi connectivity index (χ0v) is 12.8. The van der Waals surface area contributed by atoms with Gasteiger partial charge in [0.2, 0.25) is 5.91 Å². The molecule has 8 nitrogen and oxygen atoms in total. The van der Waals surface area contributed by atoms with E-state index in [-0.39, 0.29) is 24.5 Å². The van der Waals surface area contributed by atoms with Gasteiger partial charge in [-0.2, -0.15) is 5.10 Å². The van der Waals surface area contributed by atoms with Gasteiger partial charge < -0.3 is 15.2 Å². The van der Waals surface area contributed by atoms with Crippen molar-refractivity contribution in [2.75, 3.05) is 14.2 Å². The summed E-state index contributed by atoms with van der Waals surface area (Å²) in [6.45, 7) is 0. The molecule has 1 atom stereocenters. The molecule has 0 fully saturated rings. The van der Waals surface area contributed by atoms with Gasteiger partial charge in [0.25, 0.3) is 5.91 Å². The number of nitrogens with one attached hydrogen (secondary N) is 1. The number of nitrogens with zero attached hydrogens (tertiary/aromatic N) is 2. The molecule has 1 aliphatic rings. The Labute approximate surface area is 132 Å². The number of carbonyl (C=O) groups excluding carboxylic acids is 2. The average molecular weight is 319 g/mol. The van der Waals surface area contributed by atoms with Crippen LogP contribution >= 0.6 is 0 Å². The third-order valence-electron chi connectivity index (χ3n) is 3.44. The van der Waals surface area contributed by atoms with Gasteiger partial charge in [0, 0.05) is 19.9 Å². The fourth-order valence-corrected chi connectivity index (χ4v) is 2.13. The lowest BCUT2D eigenvalue weighted by Gasteiger charge is -2.21. The number of benzene rings is 1. The number of hydrogen-bond donors (Lipinski definition) is 2. The topological polar surface area (TPSA) is 108 Å². The molecule has 122 valence electrons. The molecular formula is C15H17N3O5. The fourth-order valence-electron chi connectivity index (χ4n) is 2.13. The van der Waals surface area contributed by atoms with Crippen LogP contribution in [0.2, 0.25) is 0 Å². The van der Waals surface area contributed by atoms with Gasteiger partial charge in [-0.3, -0.25) is 9.59 Å². The molecule has 0 spiro atoms. The molecule has 0 aromatic heterocycles. The molecule has 1 aliphatic heterocycles. The van der Waals surface area contributed by atoms with Crippen molar-refractivity contribution in [1.29, 1.82) is 0 Å². The summed E-state index contributed by atoms with van der Waals surface area (Å²) in [6.07, 6.45) is 0.354. The molecule has 23 heavy (non-hydrogen) atoms. The van der Waals surface area contributed by atoms with Crippen LogP contribution in [-0.2, 0) is 14.4 Å². The van der Waals surface area contributed by atoms with Crippen LogP contribution < -0.4 is 10.1 Å². The average Bonchev–Trinajstić information content (AvgIpc) is 2.54. The van der Waals surface area contributed by atoms with Gasteiger partial charge in [-0.05, 0) is 17.7 Å². The molecule has 0 radical (unpaired) electrons. The first-order valence-electron chi connectivity index (χ1n) is 6.94. The van der Waals surface area contributed by atoms with Gasteiger partial charge in [0.05, 0.1) is 7.11 Å². The standard InChI is InChI=1S/C15H17N3O5/c1-18-12(19)8-7-11(17-18)14(20)16-13(15(21)22)9-3-5-10(23-2)6-4-9/h3-6,13H,7-8H2,1-2H3,(H,16,20)(H,21,22)/t13-/m0/s1. The number of carbonyl (C=O) groups is 3. The minimum Gasteiger partial charge on any atom is -0.497 e. The highest BCUT2D eigenvalue weighted by Crippen LogP contribution is 2.18. The number of hydrogen-bond acceptors (Lipinski definition) is 5. The van der Waals surface area contributed by atoms with E-state index in [9.17, 15) is 19.5 Å². The molecule has 0 aliphatic carbocycles. The van der Waals surface area contributed by atoms with Crippen molar-refractivity contribution in [2.45, 2.75) is 18.9 Å². The second-order valence-corrected chi connectivity index (χ2v) is 4.98. The van der Waals surface area contributed by atoms with Crippen LogP contribution in [0.15, 0.2) is 29.4 Å². The number of hydrazone groups is 1. The number of aliphatic carboxylic acids is 1. The number of carboxylic acids is 1. The van der Waals surface area contributed by atoms with E-state index in [2.05, 4.69) is 10.4 Å². The van der Waals surface area contributed by atoms with Gasteiger partial charge in [0.1, 0.15) is 11.5 Å². The summed E-state index contributed by atoms with van der Waals surface area (Å²) in [5.41, 5.74) is 0.541. The number of carboxylic acid groups (broad SMARTS) is 1. The zero-order valence-electron chi connectivity index (χ0n) is 12.8. The van der Waals surface area contributed by atoms with Gasteiger partial charge >= 0.3 is 5.97 Å². The molecule has 0 saturated heterocycles. The van der Waals surface area contributed by atoms with Crippen LogP contribution in [0.25, 0.3) is 0 Å². The molecule has 0 saturated carbocycles. The Morgan fingerprint density at radius 2 is 1.96 bits per heavy atom. The smallest absolute Gasteiger partial charge is 0.330 e. The molecule has 0 unspecified atom stereocenters. The number of ether oxygens (including phenoxy) is 1. The van der Waals surface area contributed by atoms with Crippen molar-refractivity contribution in [1.82, 2.24) is 10.3 Å². The van der Waals surface area contributed by atoms with Crippen molar-refractivity contribution in [2.24, 2.45) is 5.10 Å². The van der Waals surface area contributed by atoms with Gasteiger partial charge in [-0.25, -0.2) is 9.80 Å². The minimum atomic E-state index is -1.21. The SMILES string of the molecule is COc1ccc([C@H](NC(=O)C2=NN(C)C(=O)CC2)C(=O)O)cc1. The van der Waals surface area contributed by atoms with Crippen molar-refractivity contribution in [3.63, 3.8) is 0 Å². The summed E-state index contributed by atoms with van der Waals surface area (Å²) in [5, 5.41) is 16.7. The fraction of sp³-hybridized carbons (Fsp3) is 0.333. The molecule has 1 aromatic carbocycles. The minimum absolute atomic E-state index is 0.131. The molecule has 0 bridgehead atoms. The number of rotatable bonds is 5. The maximum absolute atomic E-state index is 12.2. The maximum Gasteiger partial charge on any atom is 0.330 e. The lowest BCUT2D eigenvalue weighted by Crippen LogP contribution is -2.41. The first-order chi connectivity index (χ1) is 10.9.